The number of piperidine rings is 1. The lowest BCUT2D eigenvalue weighted by Crippen LogP contribution is -2.54. The number of hydrogen-bond acceptors (Lipinski definition) is 6. The van der Waals surface area contributed by atoms with E-state index in [0.29, 0.717) is 56.0 Å². The Morgan fingerprint density at radius 1 is 1.07 bits per heavy atom. The van der Waals surface area contributed by atoms with Gasteiger partial charge in [0.1, 0.15) is 0 Å². The average molecular weight is 541 g/mol. The Bertz CT molecular complexity index is 1470. The number of carbonyl (C=O) groups excluding carboxylic acids is 2. The number of aryl methyl sites for hydroxylation is 1. The number of benzene rings is 2. The standard InChI is InChI=1S/C31H34N5O4/c1-20-6-9-24(28(37)36-18-25(19-36)23-10-7-22(17-32)8-11-23)16-26(20)27-21(2)33-29(34(27)3)31(40-5)12-14-35(15-13-31)30(38)39-4/h6-11,16,25H,3,12-15,18-19H2,1-2,4-5H3/q+1. The van der Waals surface area contributed by atoms with E-state index < -0.39 is 5.60 Å². The minimum absolute atomic E-state index is 0.0114. The molecule has 40 heavy (non-hydrogen) atoms. The predicted octanol–water partition coefficient (Wildman–Crippen LogP) is 4.17. The molecule has 0 aliphatic carbocycles. The Hall–Kier alpha value is -4.29. The van der Waals surface area contributed by atoms with Crippen molar-refractivity contribution in [1.29, 1.82) is 5.26 Å². The summed E-state index contributed by atoms with van der Waals surface area (Å²) in [6, 6.07) is 15.5. The van der Waals surface area contributed by atoms with Crippen molar-refractivity contribution in [1.82, 2.24) is 9.80 Å². The fraction of sp³-hybridized carbons (Fsp3) is 0.387. The molecule has 2 amide bonds. The van der Waals surface area contributed by atoms with Crippen LogP contribution in [0.2, 0.25) is 0 Å². The lowest BCUT2D eigenvalue weighted by Gasteiger charge is -2.39. The maximum atomic E-state index is 13.4. The number of hydrogen-bond donors (Lipinski definition) is 0. The average Bonchev–Trinajstić information content (AvgIpc) is 3.26. The second kappa shape index (κ2) is 10.7. The number of rotatable bonds is 5. The normalized spacial score (nSPS) is 18.8. The zero-order chi connectivity index (χ0) is 28.6. The molecule has 0 atom stereocenters. The van der Waals surface area contributed by atoms with Crippen molar-refractivity contribution in [3.63, 3.8) is 0 Å². The molecule has 9 heteroatoms. The molecule has 0 bridgehead atoms. The molecule has 0 unspecified atom stereocenters. The molecule has 0 radical (unpaired) electrons. The summed E-state index contributed by atoms with van der Waals surface area (Å²) in [4.78, 5) is 33.8. The summed E-state index contributed by atoms with van der Waals surface area (Å²) in [5.74, 6) is 0.961. The van der Waals surface area contributed by atoms with E-state index in [1.807, 2.05) is 65.8 Å². The van der Waals surface area contributed by atoms with E-state index in [0.717, 1.165) is 28.1 Å². The van der Waals surface area contributed by atoms with Crippen LogP contribution in [0.25, 0.3) is 5.70 Å². The Labute approximate surface area is 234 Å². The van der Waals surface area contributed by atoms with Crippen LogP contribution < -0.4 is 0 Å². The van der Waals surface area contributed by atoms with Gasteiger partial charge >= 0.3 is 11.9 Å². The number of aliphatic imine (C=N–C) groups is 1. The van der Waals surface area contributed by atoms with Crippen molar-refractivity contribution in [2.24, 2.45) is 4.99 Å². The second-order valence-electron chi connectivity index (χ2n) is 10.6. The minimum Gasteiger partial charge on any atom is -0.453 e. The van der Waals surface area contributed by atoms with Crippen LogP contribution in [-0.2, 0) is 9.47 Å². The Balaban J connectivity index is 1.32. The lowest BCUT2D eigenvalue weighted by atomic mass is 9.89. The van der Waals surface area contributed by atoms with Crippen LogP contribution in [0.1, 0.15) is 58.3 Å². The maximum Gasteiger partial charge on any atom is 0.409 e. The number of nitrogens with zero attached hydrogens (tertiary/aromatic N) is 5. The first kappa shape index (κ1) is 27.3. The van der Waals surface area contributed by atoms with Gasteiger partial charge in [-0.15, -0.1) is 0 Å². The number of methoxy groups -OCH3 is 2. The van der Waals surface area contributed by atoms with Gasteiger partial charge in [-0.2, -0.15) is 9.84 Å². The van der Waals surface area contributed by atoms with Crippen molar-refractivity contribution in [2.75, 3.05) is 40.4 Å². The quantitative estimate of drug-likeness (QED) is 0.531. The molecule has 206 valence electrons. The molecule has 0 spiro atoms. The number of amidine groups is 1. The van der Waals surface area contributed by atoms with Crippen LogP contribution in [-0.4, -0.2) is 84.9 Å². The summed E-state index contributed by atoms with van der Waals surface area (Å²) in [6.45, 7) is 10.6. The highest BCUT2D eigenvalue weighted by Crippen LogP contribution is 2.37. The summed E-state index contributed by atoms with van der Waals surface area (Å²) in [5.41, 5.74) is 5.27. The third-order valence-corrected chi connectivity index (χ3v) is 8.36. The summed E-state index contributed by atoms with van der Waals surface area (Å²) in [7, 11) is 3.05. The first-order valence-electron chi connectivity index (χ1n) is 13.4. The van der Waals surface area contributed by atoms with Crippen molar-refractivity contribution in [3.05, 3.63) is 76.0 Å². The van der Waals surface area contributed by atoms with Gasteiger partial charge in [-0.05, 0) is 47.3 Å². The topological polar surface area (TPSA) is 98.2 Å². The zero-order valence-corrected chi connectivity index (χ0v) is 23.4. The van der Waals surface area contributed by atoms with Gasteiger partial charge in [0.25, 0.3) is 5.91 Å². The van der Waals surface area contributed by atoms with Crippen molar-refractivity contribution < 1.29 is 23.6 Å². The number of nitriles is 1. The highest BCUT2D eigenvalue weighted by Gasteiger charge is 2.51. The Morgan fingerprint density at radius 2 is 1.75 bits per heavy atom. The van der Waals surface area contributed by atoms with Gasteiger partial charge in [0.15, 0.2) is 17.0 Å². The zero-order valence-electron chi connectivity index (χ0n) is 23.4. The Morgan fingerprint density at radius 3 is 2.35 bits per heavy atom. The molecule has 0 saturated carbocycles. The molecule has 2 aromatic rings. The Kier molecular flexibility index (Phi) is 7.30. The number of allylic oxidation sites excluding steroid dienone is 1. The summed E-state index contributed by atoms with van der Waals surface area (Å²) < 4.78 is 12.7. The molecule has 3 aliphatic heterocycles. The first-order valence-corrected chi connectivity index (χ1v) is 13.4. The van der Waals surface area contributed by atoms with Gasteiger partial charge in [-0.1, -0.05) is 18.2 Å². The molecule has 2 aromatic carbocycles. The minimum atomic E-state index is -0.686. The molecule has 2 fully saturated rings. The number of ether oxygens (including phenoxy) is 2. The molecule has 2 saturated heterocycles. The van der Waals surface area contributed by atoms with Gasteiger partial charge < -0.3 is 19.3 Å². The van der Waals surface area contributed by atoms with Crippen LogP contribution in [0.15, 0.2) is 53.2 Å². The first-order chi connectivity index (χ1) is 19.2. The van der Waals surface area contributed by atoms with Crippen molar-refractivity contribution >= 4 is 30.3 Å². The summed E-state index contributed by atoms with van der Waals surface area (Å²) >= 11 is 0. The monoisotopic (exact) mass is 540 g/mol. The van der Waals surface area contributed by atoms with Crippen molar-refractivity contribution in [2.45, 2.75) is 38.2 Å². The number of carbonyl (C=O) groups is 2. The molecule has 0 N–H and O–H groups in total. The largest absolute Gasteiger partial charge is 0.453 e. The molecular formula is C31H34N5O4+. The molecule has 5 rings (SSSR count). The van der Waals surface area contributed by atoms with Gasteiger partial charge in [-0.25, -0.2) is 4.79 Å². The summed E-state index contributed by atoms with van der Waals surface area (Å²) in [5, 5.41) is 9.03. The number of amides is 2. The molecule has 3 heterocycles. The van der Waals surface area contributed by atoms with Crippen LogP contribution in [0.3, 0.4) is 0 Å². The van der Waals surface area contributed by atoms with E-state index in [1.165, 1.54) is 7.11 Å². The predicted molar refractivity (Wildman–Crippen MR) is 151 cm³/mol. The summed E-state index contributed by atoms with van der Waals surface area (Å²) in [6.07, 6.45) is 0.787. The second-order valence-corrected chi connectivity index (χ2v) is 10.6. The van der Waals surface area contributed by atoms with E-state index in [2.05, 4.69) is 12.8 Å². The highest BCUT2D eigenvalue weighted by atomic mass is 16.5. The van der Waals surface area contributed by atoms with Crippen LogP contribution >= 0.6 is 0 Å². The van der Waals surface area contributed by atoms with E-state index in [-0.39, 0.29) is 17.9 Å². The van der Waals surface area contributed by atoms with E-state index in [9.17, 15) is 9.59 Å². The third-order valence-electron chi connectivity index (χ3n) is 8.36. The molecule has 3 aliphatic rings. The van der Waals surface area contributed by atoms with Crippen molar-refractivity contribution in [3.8, 4) is 6.07 Å². The van der Waals surface area contributed by atoms with E-state index >= 15 is 0 Å². The molecule has 9 nitrogen and oxygen atoms in total. The van der Waals surface area contributed by atoms with Crippen LogP contribution in [0.5, 0.6) is 0 Å². The number of likely N-dealkylation sites (tertiary alicyclic amines) is 2. The molecular weight excluding hydrogens is 506 g/mol. The van der Waals surface area contributed by atoms with Gasteiger partial charge in [0, 0.05) is 70.1 Å². The fourth-order valence-corrected chi connectivity index (χ4v) is 5.84. The van der Waals surface area contributed by atoms with Gasteiger partial charge in [-0.3, -0.25) is 4.79 Å². The van der Waals surface area contributed by atoms with E-state index in [4.69, 9.17) is 19.7 Å². The lowest BCUT2D eigenvalue weighted by molar-refractivity contribution is -0.301. The molecule has 0 aromatic heterocycles. The van der Waals surface area contributed by atoms with Crippen LogP contribution in [0.4, 0.5) is 4.79 Å². The van der Waals surface area contributed by atoms with E-state index in [1.54, 1.807) is 12.0 Å². The van der Waals surface area contributed by atoms with Gasteiger partial charge in [0.05, 0.1) is 25.5 Å². The maximum absolute atomic E-state index is 13.4. The fourth-order valence-electron chi connectivity index (χ4n) is 5.84. The third kappa shape index (κ3) is 4.69. The highest BCUT2D eigenvalue weighted by molar-refractivity contribution is 5.97. The van der Waals surface area contributed by atoms with Gasteiger partial charge in [0.2, 0.25) is 0 Å². The smallest absolute Gasteiger partial charge is 0.409 e. The SMILES string of the molecule is C=[N+]1C(C2(OC)CCN(C(=O)OC)CC2)=NC(C)=C1c1cc(C(=O)N2CC(c3ccc(C#N)cc3)C2)ccc1C. The van der Waals surface area contributed by atoms with Crippen LogP contribution in [0, 0.1) is 18.3 Å².